The SMILES string of the molecule is C[C@@H](OC(=O)N[C@@H](CC(C)(C)C)C(O)N1C[C@]2(C[C@H]1C#N)C(=O)Nc1ccc(Cl)cc12)c1ccc(F)cc1. The zero-order valence-electron chi connectivity index (χ0n) is 21.8. The van der Waals surface area contributed by atoms with Crippen LogP contribution < -0.4 is 10.6 Å². The van der Waals surface area contributed by atoms with Gasteiger partial charge in [-0.05, 0) is 66.6 Å². The van der Waals surface area contributed by atoms with Crippen LogP contribution in [0.4, 0.5) is 14.9 Å². The highest BCUT2D eigenvalue weighted by molar-refractivity contribution is 6.31. The quantitative estimate of drug-likeness (QED) is 0.479. The number of nitriles is 1. The molecule has 0 saturated carbocycles. The van der Waals surface area contributed by atoms with Crippen LogP contribution in [0.25, 0.3) is 0 Å². The van der Waals surface area contributed by atoms with Crippen molar-refractivity contribution in [3.05, 3.63) is 64.4 Å². The van der Waals surface area contributed by atoms with Crippen LogP contribution in [0.15, 0.2) is 42.5 Å². The number of fused-ring (bicyclic) bond motifs is 2. The number of anilines is 1. The molecule has 3 N–H and O–H groups in total. The molecule has 5 atom stereocenters. The predicted octanol–water partition coefficient (Wildman–Crippen LogP) is 4.88. The zero-order chi connectivity index (χ0) is 27.8. The molecule has 1 saturated heterocycles. The number of benzene rings is 2. The minimum absolute atomic E-state index is 0.0783. The van der Waals surface area contributed by atoms with Crippen LogP contribution in [-0.2, 0) is 14.9 Å². The van der Waals surface area contributed by atoms with Crippen LogP contribution in [0.2, 0.25) is 5.02 Å². The number of hydrogen-bond donors (Lipinski definition) is 3. The number of alkyl carbamates (subject to hydrolysis) is 1. The van der Waals surface area contributed by atoms with E-state index in [0.29, 0.717) is 28.3 Å². The molecule has 10 heteroatoms. The summed E-state index contributed by atoms with van der Waals surface area (Å²) in [6.45, 7) is 7.65. The van der Waals surface area contributed by atoms with Gasteiger partial charge >= 0.3 is 6.09 Å². The van der Waals surface area contributed by atoms with E-state index in [0.717, 1.165) is 0 Å². The summed E-state index contributed by atoms with van der Waals surface area (Å²) in [6.07, 6.45) is -2.15. The number of nitrogens with zero attached hydrogens (tertiary/aromatic N) is 2. The zero-order valence-corrected chi connectivity index (χ0v) is 22.6. The van der Waals surface area contributed by atoms with E-state index in [1.807, 2.05) is 20.8 Å². The number of aliphatic hydroxyl groups is 1. The number of halogens is 2. The molecule has 1 spiro atoms. The minimum Gasteiger partial charge on any atom is -0.442 e. The van der Waals surface area contributed by atoms with Crippen molar-refractivity contribution in [2.45, 2.75) is 70.4 Å². The van der Waals surface area contributed by atoms with E-state index in [4.69, 9.17) is 16.3 Å². The van der Waals surface area contributed by atoms with Crippen LogP contribution in [-0.4, -0.2) is 46.9 Å². The van der Waals surface area contributed by atoms with Gasteiger partial charge in [-0.15, -0.1) is 0 Å². The second-order valence-corrected chi connectivity index (χ2v) is 11.7. The Morgan fingerprint density at radius 1 is 1.34 bits per heavy atom. The van der Waals surface area contributed by atoms with Gasteiger partial charge in [-0.2, -0.15) is 5.26 Å². The fourth-order valence-corrected chi connectivity index (χ4v) is 5.52. The first kappa shape index (κ1) is 27.8. The molecule has 202 valence electrons. The van der Waals surface area contributed by atoms with Crippen LogP contribution in [0.1, 0.15) is 57.8 Å². The molecule has 38 heavy (non-hydrogen) atoms. The Morgan fingerprint density at radius 3 is 2.66 bits per heavy atom. The number of carbonyl (C=O) groups is 2. The normalized spacial score (nSPS) is 23.3. The van der Waals surface area contributed by atoms with E-state index in [-0.39, 0.29) is 24.3 Å². The van der Waals surface area contributed by atoms with Crippen LogP contribution in [0, 0.1) is 22.6 Å². The maximum Gasteiger partial charge on any atom is 0.408 e. The van der Waals surface area contributed by atoms with Gasteiger partial charge in [0.2, 0.25) is 5.91 Å². The molecule has 2 aromatic rings. The lowest BCUT2D eigenvalue weighted by atomic mass is 9.79. The summed E-state index contributed by atoms with van der Waals surface area (Å²) in [4.78, 5) is 27.6. The van der Waals surface area contributed by atoms with E-state index in [1.54, 1.807) is 30.0 Å². The lowest BCUT2D eigenvalue weighted by Gasteiger charge is -2.36. The van der Waals surface area contributed by atoms with Crippen molar-refractivity contribution in [3.63, 3.8) is 0 Å². The van der Waals surface area contributed by atoms with Gasteiger partial charge < -0.3 is 20.5 Å². The molecule has 1 unspecified atom stereocenters. The molecule has 2 aromatic carbocycles. The van der Waals surface area contributed by atoms with Gasteiger partial charge in [-0.3, -0.25) is 9.69 Å². The lowest BCUT2D eigenvalue weighted by Crippen LogP contribution is -2.55. The minimum atomic E-state index is -1.28. The van der Waals surface area contributed by atoms with Gasteiger partial charge in [0.1, 0.15) is 24.2 Å². The Bertz CT molecular complexity index is 1260. The second kappa shape index (κ2) is 10.5. The smallest absolute Gasteiger partial charge is 0.408 e. The van der Waals surface area contributed by atoms with Crippen LogP contribution in [0.5, 0.6) is 0 Å². The number of hydrogen-bond acceptors (Lipinski definition) is 6. The van der Waals surface area contributed by atoms with Crippen molar-refractivity contribution < 1.29 is 23.8 Å². The molecule has 2 heterocycles. The summed E-state index contributed by atoms with van der Waals surface area (Å²) in [5, 5.41) is 27.6. The first-order chi connectivity index (χ1) is 17.8. The van der Waals surface area contributed by atoms with Crippen molar-refractivity contribution in [1.29, 1.82) is 5.26 Å². The Hall–Kier alpha value is -3.19. The van der Waals surface area contributed by atoms with Crippen LogP contribution in [0.3, 0.4) is 0 Å². The molecule has 2 aliphatic rings. The Labute approximate surface area is 226 Å². The summed E-state index contributed by atoms with van der Waals surface area (Å²) >= 11 is 6.23. The topological polar surface area (TPSA) is 115 Å². The average molecular weight is 543 g/mol. The third-order valence-electron chi connectivity index (χ3n) is 7.18. The number of carbonyl (C=O) groups excluding carboxylic acids is 2. The standard InChI is InChI=1S/C28H32ClFN4O4/c1-16(17-5-8-19(30)9-6-17)38-26(37)33-23(13-27(2,3)4)24(35)34-15-28(12-20(34)14-31)21-11-18(29)7-10-22(21)32-25(28)36/h5-11,16,20,23-24,35H,12-13,15H2,1-4H3,(H,32,36)(H,33,37)/t16-,20+,23+,24?,28+/m1/s1. The van der Waals surface area contributed by atoms with Crippen LogP contribution >= 0.6 is 11.6 Å². The largest absolute Gasteiger partial charge is 0.442 e. The number of amides is 2. The lowest BCUT2D eigenvalue weighted by molar-refractivity contribution is -0.120. The number of ether oxygens (including phenoxy) is 1. The summed E-state index contributed by atoms with van der Waals surface area (Å²) in [6, 6.07) is 11.4. The van der Waals surface area contributed by atoms with Gasteiger partial charge in [0.15, 0.2) is 0 Å². The van der Waals surface area contributed by atoms with Gasteiger partial charge in [-0.1, -0.05) is 44.5 Å². The van der Waals surface area contributed by atoms with E-state index in [9.17, 15) is 24.3 Å². The summed E-state index contributed by atoms with van der Waals surface area (Å²) in [5.74, 6) is -0.646. The third-order valence-corrected chi connectivity index (χ3v) is 7.42. The van der Waals surface area contributed by atoms with Gasteiger partial charge in [0, 0.05) is 17.3 Å². The molecule has 1 fully saturated rings. The molecule has 2 aliphatic heterocycles. The molecule has 2 amide bonds. The van der Waals surface area contributed by atoms with E-state index in [2.05, 4.69) is 16.7 Å². The highest BCUT2D eigenvalue weighted by Crippen LogP contribution is 2.47. The van der Waals surface area contributed by atoms with Gasteiger partial charge in [0.25, 0.3) is 0 Å². The van der Waals surface area contributed by atoms with Crippen molar-refractivity contribution in [1.82, 2.24) is 10.2 Å². The number of rotatable bonds is 6. The van der Waals surface area contributed by atoms with Gasteiger partial charge in [0.05, 0.1) is 17.5 Å². The Balaban J connectivity index is 1.55. The summed E-state index contributed by atoms with van der Waals surface area (Å²) < 4.78 is 18.8. The average Bonchev–Trinajstić information content (AvgIpc) is 3.36. The Kier molecular flexibility index (Phi) is 7.71. The molecular weight excluding hydrogens is 511 g/mol. The molecule has 0 bridgehead atoms. The highest BCUT2D eigenvalue weighted by Gasteiger charge is 2.56. The van der Waals surface area contributed by atoms with E-state index in [1.165, 1.54) is 24.3 Å². The molecule has 8 nitrogen and oxygen atoms in total. The van der Waals surface area contributed by atoms with Crippen molar-refractivity contribution in [3.8, 4) is 6.07 Å². The number of nitrogens with one attached hydrogen (secondary N) is 2. The van der Waals surface area contributed by atoms with Crippen molar-refractivity contribution in [2.75, 3.05) is 11.9 Å². The monoisotopic (exact) mass is 542 g/mol. The third kappa shape index (κ3) is 5.63. The Morgan fingerprint density at radius 2 is 2.03 bits per heavy atom. The molecular formula is C28H32ClFN4O4. The highest BCUT2D eigenvalue weighted by atomic mass is 35.5. The summed E-state index contributed by atoms with van der Waals surface area (Å²) in [5.41, 5.74) is 0.593. The first-order valence-electron chi connectivity index (χ1n) is 12.5. The second-order valence-electron chi connectivity index (χ2n) is 11.3. The fraction of sp³-hybridized carbons (Fsp3) is 0.464. The first-order valence-corrected chi connectivity index (χ1v) is 12.9. The predicted molar refractivity (Wildman–Crippen MR) is 141 cm³/mol. The fourth-order valence-electron chi connectivity index (χ4n) is 5.35. The maximum absolute atomic E-state index is 13.3. The van der Waals surface area contributed by atoms with Crippen molar-refractivity contribution >= 4 is 29.3 Å². The van der Waals surface area contributed by atoms with E-state index < -0.39 is 41.7 Å². The summed E-state index contributed by atoms with van der Waals surface area (Å²) in [7, 11) is 0. The molecule has 0 aliphatic carbocycles. The number of likely N-dealkylation sites (tertiary alicyclic amines) is 1. The molecule has 4 rings (SSSR count). The van der Waals surface area contributed by atoms with E-state index >= 15 is 0 Å². The maximum atomic E-state index is 13.3. The molecule has 0 radical (unpaired) electrons. The van der Waals surface area contributed by atoms with Gasteiger partial charge in [-0.25, -0.2) is 9.18 Å². The molecule has 0 aromatic heterocycles. The number of aliphatic hydroxyl groups excluding tert-OH is 1. The van der Waals surface area contributed by atoms with Crippen molar-refractivity contribution in [2.24, 2.45) is 5.41 Å².